The second-order valence-corrected chi connectivity index (χ2v) is 21.9. The third kappa shape index (κ3) is 8.27. The standard InChI is InChI=1S/C60H62N4/c1-57(2,3)42-21-13-37(14-22-42)53-41-35-52(61-36-41)56(40-19-27-45(28-20-40)60(10,11)12)51-34-33-50(64-51)55(39-17-25-44(26-18-39)59(7,8)9)49-32-31-48(63-49)54(47-30-29-46(53)62-47)38-15-23-43(24-16-38)58(4,5)6/h13-34,36,63H,35H2,1-12H3. The zero-order valence-corrected chi connectivity index (χ0v) is 39.8. The van der Waals surface area contributed by atoms with Crippen LogP contribution in [0.25, 0.3) is 22.3 Å². The fraction of sp³-hybridized carbons (Fsp3) is 0.283. The van der Waals surface area contributed by atoms with Crippen LogP contribution >= 0.6 is 0 Å². The maximum Gasteiger partial charge on any atom is 0.0737 e. The van der Waals surface area contributed by atoms with Crippen LogP contribution in [0.4, 0.5) is 0 Å². The van der Waals surface area contributed by atoms with Crippen molar-refractivity contribution in [3.63, 3.8) is 0 Å². The van der Waals surface area contributed by atoms with Gasteiger partial charge in [-0.3, -0.25) is 4.99 Å². The Kier molecular flexibility index (Phi) is 10.5. The largest absolute Gasteiger partial charge is 0.354 e. The van der Waals surface area contributed by atoms with Crippen LogP contribution in [0.5, 0.6) is 0 Å². The molecule has 322 valence electrons. The van der Waals surface area contributed by atoms with Crippen LogP contribution in [0.3, 0.4) is 0 Å². The van der Waals surface area contributed by atoms with E-state index in [1.165, 1.54) is 22.3 Å². The molecule has 9 rings (SSSR count). The first-order valence-corrected chi connectivity index (χ1v) is 22.9. The van der Waals surface area contributed by atoms with Gasteiger partial charge in [-0.2, -0.15) is 0 Å². The highest BCUT2D eigenvalue weighted by Gasteiger charge is 2.28. The summed E-state index contributed by atoms with van der Waals surface area (Å²) in [7, 11) is 0. The Hall–Kier alpha value is -6.39. The van der Waals surface area contributed by atoms with Crippen LogP contribution in [0.15, 0.2) is 172 Å². The molecule has 0 spiro atoms. The molecule has 1 N–H and O–H groups in total. The quantitative estimate of drug-likeness (QED) is 0.187. The van der Waals surface area contributed by atoms with Gasteiger partial charge in [-0.05, 0) is 108 Å². The number of nitrogens with one attached hydrogen (secondary N) is 1. The SMILES string of the molecule is CC(C)(C)c1ccc(C2=C3C=CC(=N3)C(c3ccc(C(C)(C)C)cc3)=c3ccc([nH]3)=C(c3ccc(C(C)(C)C)cc3)C3=NC(=C(c4ccc(C(C)(C)C)cc4)C4=NC=C2C4)C=C3)cc1. The van der Waals surface area contributed by atoms with Crippen LogP contribution in [0.1, 0.15) is 134 Å². The lowest BCUT2D eigenvalue weighted by atomic mass is 9.84. The van der Waals surface area contributed by atoms with Gasteiger partial charge in [-0.25, -0.2) is 9.98 Å². The van der Waals surface area contributed by atoms with Crippen molar-refractivity contribution in [2.45, 2.75) is 111 Å². The topological polar surface area (TPSA) is 52.9 Å². The van der Waals surface area contributed by atoms with E-state index in [1.54, 1.807) is 0 Å². The number of hydrogen-bond donors (Lipinski definition) is 1. The molecule has 0 fully saturated rings. The van der Waals surface area contributed by atoms with Crippen LogP contribution < -0.4 is 10.7 Å². The summed E-state index contributed by atoms with van der Waals surface area (Å²) in [6, 6.07) is 40.6. The lowest BCUT2D eigenvalue weighted by Crippen LogP contribution is -2.21. The van der Waals surface area contributed by atoms with E-state index >= 15 is 0 Å². The maximum absolute atomic E-state index is 5.57. The molecule has 64 heavy (non-hydrogen) atoms. The van der Waals surface area contributed by atoms with Crippen LogP contribution in [-0.4, -0.2) is 22.1 Å². The number of rotatable bonds is 4. The highest BCUT2D eigenvalue weighted by molar-refractivity contribution is 6.34. The molecule has 0 aliphatic carbocycles. The third-order valence-corrected chi connectivity index (χ3v) is 13.0. The molecule has 4 aliphatic heterocycles. The number of aromatic nitrogens is 1. The van der Waals surface area contributed by atoms with E-state index in [9.17, 15) is 0 Å². The van der Waals surface area contributed by atoms with E-state index in [0.29, 0.717) is 6.42 Å². The number of aromatic amines is 1. The van der Waals surface area contributed by atoms with Crippen LogP contribution in [0, 0.1) is 0 Å². The third-order valence-electron chi connectivity index (χ3n) is 13.0. The van der Waals surface area contributed by atoms with E-state index in [-0.39, 0.29) is 21.7 Å². The Morgan fingerprint density at radius 1 is 0.375 bits per heavy atom. The van der Waals surface area contributed by atoms with Gasteiger partial charge in [0, 0.05) is 45.6 Å². The smallest absolute Gasteiger partial charge is 0.0737 e. The first kappa shape index (κ1) is 42.9. The van der Waals surface area contributed by atoms with Crippen molar-refractivity contribution in [1.82, 2.24) is 4.98 Å². The van der Waals surface area contributed by atoms with Crippen LogP contribution in [0.2, 0.25) is 0 Å². The molecule has 0 saturated heterocycles. The molecule has 0 saturated carbocycles. The highest BCUT2D eigenvalue weighted by Crippen LogP contribution is 2.40. The molecule has 8 bridgehead atoms. The maximum atomic E-state index is 5.57. The molecule has 0 unspecified atom stereocenters. The Bertz CT molecular complexity index is 2850. The molecule has 4 aliphatic rings. The Balaban J connectivity index is 1.34. The van der Waals surface area contributed by atoms with E-state index in [1.807, 2.05) is 0 Å². The van der Waals surface area contributed by atoms with Gasteiger partial charge in [0.25, 0.3) is 0 Å². The minimum absolute atomic E-state index is 0.0290. The van der Waals surface area contributed by atoms with Crippen molar-refractivity contribution in [3.8, 4) is 0 Å². The molecular weight excluding hydrogens is 777 g/mol. The fourth-order valence-electron chi connectivity index (χ4n) is 9.09. The van der Waals surface area contributed by atoms with Crippen molar-refractivity contribution < 1.29 is 0 Å². The van der Waals surface area contributed by atoms with Gasteiger partial charge in [0.15, 0.2) is 0 Å². The number of fused-ring (bicyclic) bond motifs is 6. The molecule has 4 heteroatoms. The molecule has 5 heterocycles. The fourth-order valence-corrected chi connectivity index (χ4v) is 9.09. The highest BCUT2D eigenvalue weighted by atomic mass is 14.8. The lowest BCUT2D eigenvalue weighted by molar-refractivity contribution is 0.590. The summed E-state index contributed by atoms with van der Waals surface area (Å²) in [5, 5.41) is 1.99. The summed E-state index contributed by atoms with van der Waals surface area (Å²) in [5.74, 6) is 0. The zero-order valence-electron chi connectivity index (χ0n) is 39.8. The monoisotopic (exact) mass is 838 g/mol. The van der Waals surface area contributed by atoms with E-state index < -0.39 is 0 Å². The van der Waals surface area contributed by atoms with E-state index in [0.717, 1.165) is 89.3 Å². The minimum Gasteiger partial charge on any atom is -0.354 e. The Labute approximate surface area is 380 Å². The number of allylic oxidation sites excluding steroid dienone is 7. The average molecular weight is 839 g/mol. The van der Waals surface area contributed by atoms with Crippen molar-refractivity contribution in [2.24, 2.45) is 15.0 Å². The number of hydrogen-bond acceptors (Lipinski definition) is 3. The molecular formula is C60H62N4. The second kappa shape index (κ2) is 15.7. The minimum atomic E-state index is 0.0290. The molecule has 0 radical (unpaired) electrons. The summed E-state index contributed by atoms with van der Waals surface area (Å²) in [4.78, 5) is 20.3. The summed E-state index contributed by atoms with van der Waals surface area (Å²) >= 11 is 0. The first-order valence-electron chi connectivity index (χ1n) is 22.9. The van der Waals surface area contributed by atoms with E-state index in [2.05, 4.69) is 228 Å². The van der Waals surface area contributed by atoms with Gasteiger partial charge in [-0.15, -0.1) is 0 Å². The van der Waals surface area contributed by atoms with Gasteiger partial charge < -0.3 is 4.98 Å². The van der Waals surface area contributed by atoms with Gasteiger partial charge in [0.2, 0.25) is 0 Å². The molecule has 4 nitrogen and oxygen atoms in total. The van der Waals surface area contributed by atoms with E-state index in [4.69, 9.17) is 15.0 Å². The Morgan fingerprint density at radius 2 is 0.703 bits per heavy atom. The van der Waals surface area contributed by atoms with Gasteiger partial charge >= 0.3 is 0 Å². The molecule has 5 aromatic rings. The molecule has 1 aromatic heterocycles. The first-order chi connectivity index (χ1) is 30.2. The predicted octanol–water partition coefficient (Wildman–Crippen LogP) is 13.2. The number of nitrogens with zero attached hydrogens (tertiary/aromatic N) is 3. The van der Waals surface area contributed by atoms with Gasteiger partial charge in [0.05, 0.1) is 28.5 Å². The predicted molar refractivity (Wildman–Crippen MR) is 273 cm³/mol. The van der Waals surface area contributed by atoms with Gasteiger partial charge in [-0.1, -0.05) is 180 Å². The van der Waals surface area contributed by atoms with Crippen molar-refractivity contribution in [2.75, 3.05) is 0 Å². The van der Waals surface area contributed by atoms with Gasteiger partial charge in [0.1, 0.15) is 0 Å². The summed E-state index contributed by atoms with van der Waals surface area (Å²) in [5.41, 5.74) is 19.8. The van der Waals surface area contributed by atoms with Crippen LogP contribution in [-0.2, 0) is 21.7 Å². The second-order valence-electron chi connectivity index (χ2n) is 21.9. The number of H-pyrrole nitrogens is 1. The van der Waals surface area contributed by atoms with Crippen molar-refractivity contribution in [1.29, 1.82) is 0 Å². The average Bonchev–Trinajstić information content (AvgIpc) is 4.08. The molecule has 4 aromatic carbocycles. The summed E-state index contributed by atoms with van der Waals surface area (Å²) in [6.07, 6.45) is 11.5. The number of aliphatic imine (C=N–C) groups is 3. The summed E-state index contributed by atoms with van der Waals surface area (Å²) < 4.78 is 0. The van der Waals surface area contributed by atoms with Crippen molar-refractivity contribution >= 4 is 39.4 Å². The zero-order chi connectivity index (χ0) is 45.3. The summed E-state index contributed by atoms with van der Waals surface area (Å²) in [6.45, 7) is 27.2. The normalized spacial score (nSPS) is 16.8. The van der Waals surface area contributed by atoms with Crippen molar-refractivity contribution in [3.05, 3.63) is 212 Å². The number of benzene rings is 4. The molecule has 0 atom stereocenters. The molecule has 0 amide bonds. The Morgan fingerprint density at radius 3 is 1.06 bits per heavy atom. The lowest BCUT2D eigenvalue weighted by Gasteiger charge is -2.20.